The Balaban J connectivity index is 2.19. The largest absolute Gasteiger partial charge is 0.388 e. The summed E-state index contributed by atoms with van der Waals surface area (Å²) in [7, 11) is 0. The third-order valence-corrected chi connectivity index (χ3v) is 3.42. The fourth-order valence-electron chi connectivity index (χ4n) is 1.75. The maximum atomic E-state index is 13.5. The lowest BCUT2D eigenvalue weighted by molar-refractivity contribution is 0.173. The minimum atomic E-state index is -0.900. The second kappa shape index (κ2) is 5.70. The number of halogens is 3. The SMILES string of the molecule is OC(Cc1ccc(Cl)c(Cl)c1)c1ccccc1F. The highest BCUT2D eigenvalue weighted by Gasteiger charge is 2.13. The molecule has 1 N–H and O–H groups in total. The van der Waals surface area contributed by atoms with Crippen molar-refractivity contribution < 1.29 is 9.50 Å². The number of rotatable bonds is 3. The Morgan fingerprint density at radius 2 is 1.78 bits per heavy atom. The highest BCUT2D eigenvalue weighted by molar-refractivity contribution is 6.42. The van der Waals surface area contributed by atoms with E-state index in [0.29, 0.717) is 10.0 Å². The number of aliphatic hydroxyl groups excluding tert-OH is 1. The second-order valence-electron chi connectivity index (χ2n) is 3.99. The fraction of sp³-hybridized carbons (Fsp3) is 0.143. The zero-order valence-corrected chi connectivity index (χ0v) is 10.9. The average molecular weight is 285 g/mol. The molecule has 0 aromatic heterocycles. The Kier molecular flexibility index (Phi) is 4.23. The second-order valence-corrected chi connectivity index (χ2v) is 4.80. The van der Waals surface area contributed by atoms with E-state index in [4.69, 9.17) is 23.2 Å². The molecule has 0 heterocycles. The van der Waals surface area contributed by atoms with Crippen molar-refractivity contribution in [1.82, 2.24) is 0 Å². The summed E-state index contributed by atoms with van der Waals surface area (Å²) in [6.45, 7) is 0. The number of benzene rings is 2. The third kappa shape index (κ3) is 3.02. The van der Waals surface area contributed by atoms with Gasteiger partial charge in [-0.1, -0.05) is 47.5 Å². The minimum Gasteiger partial charge on any atom is -0.388 e. The van der Waals surface area contributed by atoms with Crippen LogP contribution in [0, 0.1) is 5.82 Å². The minimum absolute atomic E-state index is 0.281. The highest BCUT2D eigenvalue weighted by Crippen LogP contribution is 2.26. The van der Waals surface area contributed by atoms with Crippen LogP contribution in [0.2, 0.25) is 10.0 Å². The molecule has 1 nitrogen and oxygen atoms in total. The summed E-state index contributed by atoms with van der Waals surface area (Å²) in [6, 6.07) is 11.3. The van der Waals surface area contributed by atoms with Crippen LogP contribution in [-0.2, 0) is 6.42 Å². The molecule has 2 aromatic rings. The summed E-state index contributed by atoms with van der Waals surface area (Å²) in [6.07, 6.45) is -0.610. The first-order chi connectivity index (χ1) is 8.58. The summed E-state index contributed by atoms with van der Waals surface area (Å²) < 4.78 is 13.5. The Morgan fingerprint density at radius 1 is 1.06 bits per heavy atom. The van der Waals surface area contributed by atoms with E-state index < -0.39 is 11.9 Å². The zero-order valence-electron chi connectivity index (χ0n) is 9.41. The topological polar surface area (TPSA) is 20.2 Å². The van der Waals surface area contributed by atoms with Gasteiger partial charge in [0.05, 0.1) is 16.1 Å². The third-order valence-electron chi connectivity index (χ3n) is 2.68. The van der Waals surface area contributed by atoms with Crippen molar-refractivity contribution in [2.45, 2.75) is 12.5 Å². The van der Waals surface area contributed by atoms with Crippen LogP contribution in [0.1, 0.15) is 17.2 Å². The molecule has 0 fully saturated rings. The van der Waals surface area contributed by atoms with Gasteiger partial charge in [0.15, 0.2) is 0 Å². The van der Waals surface area contributed by atoms with Gasteiger partial charge in [0, 0.05) is 12.0 Å². The van der Waals surface area contributed by atoms with Crippen molar-refractivity contribution in [3.05, 3.63) is 69.5 Å². The molecule has 0 aliphatic heterocycles. The quantitative estimate of drug-likeness (QED) is 0.885. The van der Waals surface area contributed by atoms with E-state index >= 15 is 0 Å². The molecule has 1 unspecified atom stereocenters. The molecule has 0 saturated heterocycles. The molecule has 0 amide bonds. The first-order valence-electron chi connectivity index (χ1n) is 5.44. The van der Waals surface area contributed by atoms with Gasteiger partial charge in [0.2, 0.25) is 0 Å². The van der Waals surface area contributed by atoms with Crippen LogP contribution in [0.3, 0.4) is 0 Å². The van der Waals surface area contributed by atoms with Gasteiger partial charge >= 0.3 is 0 Å². The molecule has 94 valence electrons. The van der Waals surface area contributed by atoms with Crippen molar-refractivity contribution in [1.29, 1.82) is 0 Å². The number of hydrogen-bond acceptors (Lipinski definition) is 1. The Morgan fingerprint density at radius 3 is 2.44 bits per heavy atom. The molecular weight excluding hydrogens is 274 g/mol. The van der Waals surface area contributed by atoms with E-state index in [9.17, 15) is 9.50 Å². The van der Waals surface area contributed by atoms with E-state index in [1.807, 2.05) is 0 Å². The van der Waals surface area contributed by atoms with Gasteiger partial charge in [-0.15, -0.1) is 0 Å². The van der Waals surface area contributed by atoms with Crippen LogP contribution in [0.25, 0.3) is 0 Å². The van der Waals surface area contributed by atoms with Crippen LogP contribution in [0.4, 0.5) is 4.39 Å². The van der Waals surface area contributed by atoms with Crippen LogP contribution in [0.5, 0.6) is 0 Å². The van der Waals surface area contributed by atoms with Crippen molar-refractivity contribution in [2.75, 3.05) is 0 Å². The normalized spacial score (nSPS) is 12.4. The van der Waals surface area contributed by atoms with Gasteiger partial charge in [-0.2, -0.15) is 0 Å². The molecule has 0 bridgehead atoms. The van der Waals surface area contributed by atoms with Gasteiger partial charge in [-0.05, 0) is 23.8 Å². The molecule has 4 heteroatoms. The van der Waals surface area contributed by atoms with Crippen molar-refractivity contribution in [3.63, 3.8) is 0 Å². The average Bonchev–Trinajstić information content (AvgIpc) is 2.34. The predicted octanol–water partition coefficient (Wildman–Crippen LogP) is 4.41. The summed E-state index contributed by atoms with van der Waals surface area (Å²) >= 11 is 11.7. The lowest BCUT2D eigenvalue weighted by Gasteiger charge is -2.12. The van der Waals surface area contributed by atoms with Crippen LogP contribution in [0.15, 0.2) is 42.5 Å². The fourth-order valence-corrected chi connectivity index (χ4v) is 2.07. The molecule has 18 heavy (non-hydrogen) atoms. The van der Waals surface area contributed by atoms with E-state index in [1.165, 1.54) is 6.07 Å². The van der Waals surface area contributed by atoms with Crippen LogP contribution < -0.4 is 0 Å². The Bertz CT molecular complexity index is 557. The number of hydrogen-bond donors (Lipinski definition) is 1. The van der Waals surface area contributed by atoms with E-state index in [2.05, 4.69) is 0 Å². The Labute approximate surface area is 115 Å². The van der Waals surface area contributed by atoms with Gasteiger partial charge in [-0.25, -0.2) is 4.39 Å². The van der Waals surface area contributed by atoms with Crippen LogP contribution >= 0.6 is 23.2 Å². The molecule has 0 spiro atoms. The molecule has 0 aliphatic carbocycles. The van der Waals surface area contributed by atoms with Crippen molar-refractivity contribution >= 4 is 23.2 Å². The lowest BCUT2D eigenvalue weighted by Crippen LogP contribution is -2.04. The molecule has 1 atom stereocenters. The van der Waals surface area contributed by atoms with Gasteiger partial charge in [0.1, 0.15) is 5.82 Å². The summed E-state index contributed by atoms with van der Waals surface area (Å²) in [5.41, 5.74) is 1.09. The molecular formula is C14H11Cl2FO. The first kappa shape index (κ1) is 13.3. The van der Waals surface area contributed by atoms with Gasteiger partial charge < -0.3 is 5.11 Å². The smallest absolute Gasteiger partial charge is 0.129 e. The Hall–Kier alpha value is -1.09. The maximum absolute atomic E-state index is 13.5. The molecule has 0 aliphatic rings. The maximum Gasteiger partial charge on any atom is 0.129 e. The summed E-state index contributed by atoms with van der Waals surface area (Å²) in [5.74, 6) is -0.412. The van der Waals surface area contributed by atoms with E-state index in [1.54, 1.807) is 36.4 Å². The molecule has 2 rings (SSSR count). The first-order valence-corrected chi connectivity index (χ1v) is 6.20. The number of aliphatic hydroxyl groups is 1. The summed E-state index contributed by atoms with van der Waals surface area (Å²) in [5, 5.41) is 10.9. The predicted molar refractivity (Wildman–Crippen MR) is 71.5 cm³/mol. The molecule has 0 radical (unpaired) electrons. The van der Waals surface area contributed by atoms with E-state index in [-0.39, 0.29) is 12.0 Å². The summed E-state index contributed by atoms with van der Waals surface area (Å²) in [4.78, 5) is 0. The van der Waals surface area contributed by atoms with Crippen molar-refractivity contribution in [2.24, 2.45) is 0 Å². The lowest BCUT2D eigenvalue weighted by atomic mass is 10.0. The standard InChI is InChI=1S/C14H11Cl2FO/c15-11-6-5-9(7-12(11)16)8-14(18)10-3-1-2-4-13(10)17/h1-7,14,18H,8H2. The van der Waals surface area contributed by atoms with Crippen molar-refractivity contribution in [3.8, 4) is 0 Å². The molecule has 2 aromatic carbocycles. The zero-order chi connectivity index (χ0) is 13.1. The molecule has 0 saturated carbocycles. The monoisotopic (exact) mass is 284 g/mol. The highest BCUT2D eigenvalue weighted by atomic mass is 35.5. The van der Waals surface area contributed by atoms with Gasteiger partial charge in [-0.3, -0.25) is 0 Å². The van der Waals surface area contributed by atoms with Crippen LogP contribution in [-0.4, -0.2) is 5.11 Å². The van der Waals surface area contributed by atoms with Gasteiger partial charge in [0.25, 0.3) is 0 Å². The van der Waals surface area contributed by atoms with E-state index in [0.717, 1.165) is 5.56 Å².